The third kappa shape index (κ3) is 5.01. The number of hydrogen-bond donors (Lipinski definition) is 1. The van der Waals surface area contributed by atoms with Crippen molar-refractivity contribution < 1.29 is 9.53 Å². The molecule has 1 aliphatic heterocycles. The van der Waals surface area contributed by atoms with Gasteiger partial charge in [0.15, 0.2) is 0 Å². The molecule has 7 nitrogen and oxygen atoms in total. The van der Waals surface area contributed by atoms with Crippen LogP contribution in [0.25, 0.3) is 20.7 Å². The molecule has 1 unspecified atom stereocenters. The van der Waals surface area contributed by atoms with E-state index in [1.54, 1.807) is 18.4 Å². The number of amides is 1. The second kappa shape index (κ2) is 10.3. The number of likely N-dealkylation sites (tertiary alicyclic amines) is 1. The Morgan fingerprint density at radius 1 is 1.19 bits per heavy atom. The van der Waals surface area contributed by atoms with Gasteiger partial charge in [-0.1, -0.05) is 24.3 Å². The number of hydrogen-bond acceptors (Lipinski definition) is 8. The average molecular weight is 522 g/mol. The molecule has 3 aromatic heterocycles. The summed E-state index contributed by atoms with van der Waals surface area (Å²) in [7, 11) is 5.87. The van der Waals surface area contributed by atoms with Crippen LogP contribution in [-0.2, 0) is 11.3 Å². The first kappa shape index (κ1) is 24.8. The van der Waals surface area contributed by atoms with Crippen LogP contribution in [0.15, 0.2) is 42.5 Å². The Kier molecular flexibility index (Phi) is 7.07. The highest BCUT2D eigenvalue weighted by molar-refractivity contribution is 7.20. The zero-order valence-electron chi connectivity index (χ0n) is 21.2. The number of nitrogens with zero attached hydrogens (tertiary/aromatic N) is 4. The minimum Gasteiger partial charge on any atom is -0.378 e. The summed E-state index contributed by atoms with van der Waals surface area (Å²) in [5.74, 6) is 1.48. The summed E-state index contributed by atoms with van der Waals surface area (Å²) in [5.41, 5.74) is 2.59. The van der Waals surface area contributed by atoms with Crippen LogP contribution in [0.5, 0.6) is 0 Å². The van der Waals surface area contributed by atoms with Crippen LogP contribution in [-0.4, -0.2) is 66.1 Å². The number of anilines is 1. The lowest BCUT2D eigenvalue weighted by Gasteiger charge is -2.37. The lowest BCUT2D eigenvalue weighted by molar-refractivity contribution is -0.0189. The molecule has 0 spiro atoms. The van der Waals surface area contributed by atoms with Crippen molar-refractivity contribution in [3.8, 4) is 10.4 Å². The van der Waals surface area contributed by atoms with E-state index in [2.05, 4.69) is 72.6 Å². The summed E-state index contributed by atoms with van der Waals surface area (Å²) >= 11 is 3.22. The number of carbonyl (C=O) groups excluding carboxylic acids is 1. The van der Waals surface area contributed by atoms with Crippen LogP contribution in [0.1, 0.15) is 38.9 Å². The highest BCUT2D eigenvalue weighted by Crippen LogP contribution is 2.36. The molecule has 0 saturated carbocycles. The third-order valence-corrected chi connectivity index (χ3v) is 8.68. The number of nitrogens with one attached hydrogen (secondary N) is 1. The Morgan fingerprint density at radius 3 is 2.72 bits per heavy atom. The molecule has 1 fully saturated rings. The molecule has 1 atom stereocenters. The first-order chi connectivity index (χ1) is 17.3. The summed E-state index contributed by atoms with van der Waals surface area (Å²) in [6.07, 6.45) is 0.133. The van der Waals surface area contributed by atoms with Crippen LogP contribution in [0.2, 0.25) is 0 Å². The van der Waals surface area contributed by atoms with Crippen LogP contribution in [0, 0.1) is 6.92 Å². The highest BCUT2D eigenvalue weighted by Gasteiger charge is 2.32. The number of aromatic nitrogens is 2. The molecule has 1 amide bonds. The number of fused-ring (bicyclic) bond motifs is 1. The zero-order chi connectivity index (χ0) is 25.4. The van der Waals surface area contributed by atoms with Crippen molar-refractivity contribution in [1.82, 2.24) is 19.8 Å². The third-order valence-electron chi connectivity index (χ3n) is 6.36. The van der Waals surface area contributed by atoms with Gasteiger partial charge in [0.1, 0.15) is 16.5 Å². The van der Waals surface area contributed by atoms with E-state index in [4.69, 9.17) is 9.72 Å². The van der Waals surface area contributed by atoms with E-state index >= 15 is 0 Å². The van der Waals surface area contributed by atoms with Crippen molar-refractivity contribution in [2.24, 2.45) is 0 Å². The maximum absolute atomic E-state index is 12.9. The predicted molar refractivity (Wildman–Crippen MR) is 148 cm³/mol. The van der Waals surface area contributed by atoms with E-state index in [9.17, 15) is 4.79 Å². The Hall–Kier alpha value is -2.85. The van der Waals surface area contributed by atoms with Crippen LogP contribution < -0.4 is 5.32 Å². The molecule has 36 heavy (non-hydrogen) atoms. The minimum atomic E-state index is 0.0299. The van der Waals surface area contributed by atoms with Crippen LogP contribution >= 0.6 is 22.7 Å². The minimum absolute atomic E-state index is 0.0299. The van der Waals surface area contributed by atoms with Crippen molar-refractivity contribution in [2.45, 2.75) is 32.5 Å². The van der Waals surface area contributed by atoms with E-state index < -0.39 is 0 Å². The van der Waals surface area contributed by atoms with Crippen molar-refractivity contribution in [3.05, 3.63) is 63.6 Å². The molecule has 188 valence electrons. The number of thiophene rings is 2. The average Bonchev–Trinajstić information content (AvgIpc) is 3.46. The number of aryl methyl sites for hydroxylation is 1. The fourth-order valence-electron chi connectivity index (χ4n) is 4.40. The van der Waals surface area contributed by atoms with Gasteiger partial charge in [-0.2, -0.15) is 0 Å². The molecule has 1 aliphatic rings. The van der Waals surface area contributed by atoms with Gasteiger partial charge in [0, 0.05) is 36.5 Å². The fraction of sp³-hybridized carbons (Fsp3) is 0.370. The molecular formula is C27H31N5O2S2. The molecule has 1 saturated heterocycles. The lowest BCUT2D eigenvalue weighted by Crippen LogP contribution is -2.54. The molecule has 9 heteroatoms. The molecule has 4 heterocycles. The monoisotopic (exact) mass is 521 g/mol. The van der Waals surface area contributed by atoms with Crippen molar-refractivity contribution >= 4 is 44.6 Å². The number of rotatable bonds is 8. The molecule has 5 rings (SSSR count). The van der Waals surface area contributed by atoms with Gasteiger partial charge in [-0.05, 0) is 57.3 Å². The van der Waals surface area contributed by atoms with Crippen molar-refractivity contribution in [1.29, 1.82) is 0 Å². The SMILES string of the molecule is COC1CN(C(=O)c2cc3c(NC(C)c4ccc(-c5ccccc5CN(C)C)s4)nc(C)nc3s2)C1. The summed E-state index contributed by atoms with van der Waals surface area (Å²) in [5, 5.41) is 4.48. The van der Waals surface area contributed by atoms with Gasteiger partial charge in [-0.25, -0.2) is 9.97 Å². The van der Waals surface area contributed by atoms with E-state index in [0.29, 0.717) is 23.8 Å². The van der Waals surface area contributed by atoms with Gasteiger partial charge < -0.3 is 19.9 Å². The summed E-state index contributed by atoms with van der Waals surface area (Å²) in [6.45, 7) is 6.20. The predicted octanol–water partition coefficient (Wildman–Crippen LogP) is 5.43. The first-order valence-corrected chi connectivity index (χ1v) is 13.6. The van der Waals surface area contributed by atoms with E-state index in [0.717, 1.165) is 22.6 Å². The molecular weight excluding hydrogens is 490 g/mol. The van der Waals surface area contributed by atoms with Gasteiger partial charge >= 0.3 is 0 Å². The Morgan fingerprint density at radius 2 is 1.97 bits per heavy atom. The fourth-order valence-corrected chi connectivity index (χ4v) is 6.51. The molecule has 0 bridgehead atoms. The smallest absolute Gasteiger partial charge is 0.264 e. The first-order valence-electron chi connectivity index (χ1n) is 12.0. The van der Waals surface area contributed by atoms with Crippen molar-refractivity contribution in [2.75, 3.05) is 39.6 Å². The maximum atomic E-state index is 12.9. The maximum Gasteiger partial charge on any atom is 0.264 e. The van der Waals surface area contributed by atoms with Crippen LogP contribution in [0.3, 0.4) is 0 Å². The number of carbonyl (C=O) groups is 1. The summed E-state index contributed by atoms with van der Waals surface area (Å²) in [4.78, 5) is 30.2. The van der Waals surface area contributed by atoms with Gasteiger partial charge in [0.2, 0.25) is 0 Å². The Bertz CT molecular complexity index is 1390. The van der Waals surface area contributed by atoms with Crippen LogP contribution in [0.4, 0.5) is 5.82 Å². The highest BCUT2D eigenvalue weighted by atomic mass is 32.1. The Labute approximate surface area is 219 Å². The molecule has 1 N–H and O–H groups in total. The largest absolute Gasteiger partial charge is 0.378 e. The quantitative estimate of drug-likeness (QED) is 0.333. The Balaban J connectivity index is 1.38. The summed E-state index contributed by atoms with van der Waals surface area (Å²) in [6, 6.07) is 15.0. The van der Waals surface area contributed by atoms with Gasteiger partial charge in [-0.3, -0.25) is 4.79 Å². The van der Waals surface area contributed by atoms with E-state index in [1.165, 1.54) is 32.2 Å². The van der Waals surface area contributed by atoms with E-state index in [-0.39, 0.29) is 18.1 Å². The summed E-state index contributed by atoms with van der Waals surface area (Å²) < 4.78 is 5.31. The van der Waals surface area contributed by atoms with E-state index in [1.807, 2.05) is 17.9 Å². The number of benzene rings is 1. The molecule has 1 aromatic carbocycles. The lowest BCUT2D eigenvalue weighted by atomic mass is 10.1. The second-order valence-corrected chi connectivity index (χ2v) is 11.6. The molecule has 0 aliphatic carbocycles. The second-order valence-electron chi connectivity index (χ2n) is 9.48. The number of methoxy groups -OCH3 is 1. The van der Waals surface area contributed by atoms with Crippen molar-refractivity contribution in [3.63, 3.8) is 0 Å². The zero-order valence-corrected chi connectivity index (χ0v) is 22.9. The molecule has 0 radical (unpaired) electrons. The standard InChI is InChI=1S/C27H31N5O2S2/c1-16(22-10-11-23(35-22)20-9-7-6-8-18(20)13-31(3)4)28-25-21-12-24(36-26(21)30-17(2)29-25)27(33)32-14-19(15-32)34-5/h6-12,16,19H,13-15H2,1-5H3,(H,28,29,30). The number of ether oxygens (including phenoxy) is 1. The van der Waals surface area contributed by atoms with Gasteiger partial charge in [-0.15, -0.1) is 22.7 Å². The topological polar surface area (TPSA) is 70.6 Å². The van der Waals surface area contributed by atoms with Gasteiger partial charge in [0.25, 0.3) is 5.91 Å². The molecule has 4 aromatic rings. The van der Waals surface area contributed by atoms with Gasteiger partial charge in [0.05, 0.1) is 22.4 Å². The normalized spacial score (nSPS) is 14.9.